The highest BCUT2D eigenvalue weighted by molar-refractivity contribution is 5.92. The van der Waals surface area contributed by atoms with Crippen LogP contribution < -0.4 is 4.90 Å². The molecule has 5 rings (SSSR count). The molecule has 37 heavy (non-hydrogen) atoms. The van der Waals surface area contributed by atoms with E-state index in [-0.39, 0.29) is 17.2 Å². The average molecular weight is 503 g/mol. The molecule has 2 aliphatic rings. The van der Waals surface area contributed by atoms with E-state index in [0.29, 0.717) is 12.2 Å². The maximum Gasteiger partial charge on any atom is 0.415 e. The molecule has 0 saturated carbocycles. The van der Waals surface area contributed by atoms with Gasteiger partial charge in [0, 0.05) is 55.5 Å². The predicted octanol–water partition coefficient (Wildman–Crippen LogP) is 5.30. The predicted molar refractivity (Wildman–Crippen MR) is 142 cm³/mol. The maximum atomic E-state index is 12.7. The molecule has 2 aromatic carbocycles. The number of carbonyl (C=O) groups is 2. The van der Waals surface area contributed by atoms with Gasteiger partial charge in [0.2, 0.25) is 0 Å². The van der Waals surface area contributed by atoms with Crippen molar-refractivity contribution in [2.75, 3.05) is 24.5 Å². The smallest absolute Gasteiger partial charge is 0.415 e. The molecule has 2 aliphatic heterocycles. The van der Waals surface area contributed by atoms with Gasteiger partial charge < -0.3 is 9.84 Å². The average Bonchev–Trinajstić information content (AvgIpc) is 3.42. The lowest BCUT2D eigenvalue weighted by Gasteiger charge is -2.37. The monoisotopic (exact) mass is 502 g/mol. The standard InChI is InChI=1S/C29H34N4O4/c1-20-5-7-21(8-6-20)25-23(18-33(30-25)28(2,3)4)17-31-15-13-29(14-16-31)19-32(27(36)37-29)24-11-9-22(10-12-24)26(34)35/h5-12,18H,13-17,19H2,1-4H3,(H,34,35). The van der Waals surface area contributed by atoms with Gasteiger partial charge in [-0.3, -0.25) is 14.5 Å². The van der Waals surface area contributed by atoms with Crippen LogP contribution in [0.3, 0.4) is 0 Å². The molecule has 0 atom stereocenters. The number of aromatic nitrogens is 2. The third-order valence-corrected chi connectivity index (χ3v) is 7.36. The second-order valence-corrected chi connectivity index (χ2v) is 11.2. The molecule has 0 aliphatic carbocycles. The summed E-state index contributed by atoms with van der Waals surface area (Å²) in [7, 11) is 0. The number of aromatic carboxylic acids is 1. The lowest BCUT2D eigenvalue weighted by Crippen LogP contribution is -2.46. The summed E-state index contributed by atoms with van der Waals surface area (Å²) in [5, 5.41) is 14.1. The summed E-state index contributed by atoms with van der Waals surface area (Å²) in [5.41, 5.74) is 4.76. The van der Waals surface area contributed by atoms with Crippen LogP contribution in [0.15, 0.2) is 54.7 Å². The molecule has 0 unspecified atom stereocenters. The normalized spacial score (nSPS) is 17.8. The second-order valence-electron chi connectivity index (χ2n) is 11.2. The van der Waals surface area contributed by atoms with Crippen LogP contribution in [-0.2, 0) is 16.8 Å². The van der Waals surface area contributed by atoms with Crippen molar-refractivity contribution in [2.24, 2.45) is 0 Å². The Balaban J connectivity index is 1.28. The number of anilines is 1. The van der Waals surface area contributed by atoms with Crippen molar-refractivity contribution in [3.63, 3.8) is 0 Å². The zero-order chi connectivity index (χ0) is 26.4. The van der Waals surface area contributed by atoms with E-state index in [2.05, 4.69) is 67.7 Å². The van der Waals surface area contributed by atoms with E-state index in [1.165, 1.54) is 23.3 Å². The molecule has 3 heterocycles. The van der Waals surface area contributed by atoms with Crippen molar-refractivity contribution in [3.05, 3.63) is 71.4 Å². The van der Waals surface area contributed by atoms with E-state index in [1.54, 1.807) is 17.0 Å². The third-order valence-electron chi connectivity index (χ3n) is 7.36. The first kappa shape index (κ1) is 25.0. The van der Waals surface area contributed by atoms with E-state index < -0.39 is 11.6 Å². The van der Waals surface area contributed by atoms with Crippen LogP contribution in [0.1, 0.15) is 55.1 Å². The lowest BCUT2D eigenvalue weighted by molar-refractivity contribution is -0.000951. The van der Waals surface area contributed by atoms with Gasteiger partial charge in [0.05, 0.1) is 23.3 Å². The fourth-order valence-electron chi connectivity index (χ4n) is 5.05. The molecule has 2 saturated heterocycles. The van der Waals surface area contributed by atoms with Crippen molar-refractivity contribution in [1.82, 2.24) is 14.7 Å². The Morgan fingerprint density at radius 3 is 2.30 bits per heavy atom. The maximum absolute atomic E-state index is 12.7. The summed E-state index contributed by atoms with van der Waals surface area (Å²) < 4.78 is 7.96. The van der Waals surface area contributed by atoms with Gasteiger partial charge in [0.15, 0.2) is 0 Å². The molecule has 1 spiro atoms. The molecule has 1 amide bonds. The first-order valence-corrected chi connectivity index (χ1v) is 12.8. The molecule has 2 fully saturated rings. The van der Waals surface area contributed by atoms with Gasteiger partial charge >= 0.3 is 12.1 Å². The highest BCUT2D eigenvalue weighted by Crippen LogP contribution is 2.37. The van der Waals surface area contributed by atoms with Crippen molar-refractivity contribution >= 4 is 17.7 Å². The topological polar surface area (TPSA) is 87.9 Å². The second kappa shape index (κ2) is 9.34. The Morgan fingerprint density at radius 1 is 1.05 bits per heavy atom. The van der Waals surface area contributed by atoms with Gasteiger partial charge in [-0.1, -0.05) is 29.8 Å². The summed E-state index contributed by atoms with van der Waals surface area (Å²) in [6.45, 7) is 11.4. The van der Waals surface area contributed by atoms with Gasteiger partial charge in [-0.2, -0.15) is 5.10 Å². The molecule has 194 valence electrons. The number of likely N-dealkylation sites (tertiary alicyclic amines) is 1. The molecular formula is C29H34N4O4. The number of carboxylic acids is 1. The quantitative estimate of drug-likeness (QED) is 0.509. The van der Waals surface area contributed by atoms with E-state index in [1.807, 2.05) is 0 Å². The van der Waals surface area contributed by atoms with Crippen LogP contribution in [0.25, 0.3) is 11.3 Å². The van der Waals surface area contributed by atoms with E-state index in [9.17, 15) is 9.59 Å². The molecular weight excluding hydrogens is 468 g/mol. The minimum Gasteiger partial charge on any atom is -0.478 e. The number of hydrogen-bond donors (Lipinski definition) is 1. The van der Waals surface area contributed by atoms with Crippen molar-refractivity contribution in [1.29, 1.82) is 0 Å². The molecule has 8 nitrogen and oxygen atoms in total. The molecule has 3 aromatic rings. The number of ether oxygens (including phenoxy) is 1. The number of nitrogens with zero attached hydrogens (tertiary/aromatic N) is 4. The number of piperidine rings is 1. The highest BCUT2D eigenvalue weighted by Gasteiger charge is 2.47. The SMILES string of the molecule is Cc1ccc(-c2nn(C(C)(C)C)cc2CN2CCC3(CC2)CN(c2ccc(C(=O)O)cc2)C(=O)O3)cc1. The largest absolute Gasteiger partial charge is 0.478 e. The summed E-state index contributed by atoms with van der Waals surface area (Å²) in [6.07, 6.45) is 3.29. The first-order chi connectivity index (χ1) is 17.5. The number of aryl methyl sites for hydroxylation is 1. The number of hydrogen-bond acceptors (Lipinski definition) is 5. The Bertz CT molecular complexity index is 1300. The number of benzene rings is 2. The van der Waals surface area contributed by atoms with Crippen LogP contribution in [0.4, 0.5) is 10.5 Å². The Kier molecular flexibility index (Phi) is 6.31. The fourth-order valence-corrected chi connectivity index (χ4v) is 5.05. The fraction of sp³-hybridized carbons (Fsp3) is 0.414. The van der Waals surface area contributed by atoms with Crippen LogP contribution in [0.2, 0.25) is 0 Å². The number of amides is 1. The number of carboxylic acid groups (broad SMARTS) is 1. The van der Waals surface area contributed by atoms with Crippen LogP contribution in [0, 0.1) is 6.92 Å². The van der Waals surface area contributed by atoms with Gasteiger partial charge in [0.25, 0.3) is 0 Å². The number of carbonyl (C=O) groups excluding carboxylic acids is 1. The van der Waals surface area contributed by atoms with Crippen molar-refractivity contribution in [2.45, 2.75) is 58.2 Å². The van der Waals surface area contributed by atoms with Gasteiger partial charge in [-0.15, -0.1) is 0 Å². The van der Waals surface area contributed by atoms with E-state index >= 15 is 0 Å². The molecule has 0 radical (unpaired) electrons. The Morgan fingerprint density at radius 2 is 1.70 bits per heavy atom. The lowest BCUT2D eigenvalue weighted by atomic mass is 9.91. The van der Waals surface area contributed by atoms with Crippen LogP contribution in [0.5, 0.6) is 0 Å². The summed E-state index contributed by atoms with van der Waals surface area (Å²) in [6, 6.07) is 14.9. The molecule has 0 bridgehead atoms. The minimum atomic E-state index is -0.988. The van der Waals surface area contributed by atoms with Gasteiger partial charge in [-0.25, -0.2) is 9.59 Å². The summed E-state index contributed by atoms with van der Waals surface area (Å²) in [4.78, 5) is 27.9. The third kappa shape index (κ3) is 5.11. The van der Waals surface area contributed by atoms with Gasteiger partial charge in [-0.05, 0) is 52.0 Å². The van der Waals surface area contributed by atoms with E-state index in [0.717, 1.165) is 43.7 Å². The molecule has 1 N–H and O–H groups in total. The Hall–Kier alpha value is -3.65. The van der Waals surface area contributed by atoms with E-state index in [4.69, 9.17) is 14.9 Å². The summed E-state index contributed by atoms with van der Waals surface area (Å²) in [5.74, 6) is -0.988. The highest BCUT2D eigenvalue weighted by atomic mass is 16.6. The molecule has 1 aromatic heterocycles. The van der Waals surface area contributed by atoms with Crippen molar-refractivity contribution in [3.8, 4) is 11.3 Å². The number of rotatable bonds is 5. The zero-order valence-corrected chi connectivity index (χ0v) is 21.9. The zero-order valence-electron chi connectivity index (χ0n) is 21.9. The van der Waals surface area contributed by atoms with Crippen LogP contribution in [-0.4, -0.2) is 57.1 Å². The molecule has 8 heteroatoms. The van der Waals surface area contributed by atoms with Gasteiger partial charge in [0.1, 0.15) is 5.60 Å². The first-order valence-electron chi connectivity index (χ1n) is 12.8. The van der Waals surface area contributed by atoms with Crippen molar-refractivity contribution < 1.29 is 19.4 Å². The van der Waals surface area contributed by atoms with Crippen LogP contribution >= 0.6 is 0 Å². The Labute approximate surface area is 217 Å². The summed E-state index contributed by atoms with van der Waals surface area (Å²) >= 11 is 0. The minimum absolute atomic E-state index is 0.117.